The van der Waals surface area contributed by atoms with Gasteiger partial charge in [-0.3, -0.25) is 4.79 Å². The molecule has 1 saturated carbocycles. The minimum Gasteiger partial charge on any atom is -0.326 e. The number of anilines is 1. The van der Waals surface area contributed by atoms with E-state index in [1.165, 1.54) is 10.6 Å². The van der Waals surface area contributed by atoms with Crippen LogP contribution >= 0.6 is 11.6 Å². The van der Waals surface area contributed by atoms with E-state index < -0.39 is 10.0 Å². The van der Waals surface area contributed by atoms with Crippen LogP contribution in [0.2, 0.25) is 5.02 Å². The van der Waals surface area contributed by atoms with Crippen LogP contribution in [0.3, 0.4) is 0 Å². The maximum absolute atomic E-state index is 12.1. The molecule has 1 aliphatic rings. The Bertz CT molecular complexity index is 638. The zero-order valence-electron chi connectivity index (χ0n) is 14.0. The highest BCUT2D eigenvalue weighted by molar-refractivity contribution is 7.88. The molecule has 5 nitrogen and oxygen atoms in total. The zero-order chi connectivity index (χ0) is 17.6. The van der Waals surface area contributed by atoms with Gasteiger partial charge in [-0.15, -0.1) is 0 Å². The lowest BCUT2D eigenvalue weighted by molar-refractivity contribution is -0.116. The Labute approximate surface area is 149 Å². The minimum absolute atomic E-state index is 0.0193. The molecular weight excluding hydrogens is 348 g/mol. The molecule has 0 aliphatic heterocycles. The first-order valence-electron chi connectivity index (χ1n) is 8.38. The van der Waals surface area contributed by atoms with Gasteiger partial charge in [0.1, 0.15) is 0 Å². The van der Waals surface area contributed by atoms with Crippen molar-refractivity contribution in [1.29, 1.82) is 0 Å². The summed E-state index contributed by atoms with van der Waals surface area (Å²) in [6, 6.07) is 6.86. The van der Waals surface area contributed by atoms with E-state index in [4.69, 9.17) is 11.6 Å². The van der Waals surface area contributed by atoms with Crippen molar-refractivity contribution in [2.75, 3.05) is 18.1 Å². The highest BCUT2D eigenvalue weighted by Gasteiger charge is 2.27. The molecule has 0 atom stereocenters. The molecule has 24 heavy (non-hydrogen) atoms. The molecule has 1 amide bonds. The monoisotopic (exact) mass is 372 g/mol. The number of carbonyl (C=O) groups is 1. The standard InChI is InChI=1S/C17H25ClN2O3S/c1-24(22,23)20(16-6-4-2-3-5-7-16)13-12-17(21)19-15-10-8-14(18)9-11-15/h8-11,16H,2-7,12-13H2,1H3,(H,19,21). The SMILES string of the molecule is CS(=O)(=O)N(CCC(=O)Nc1ccc(Cl)cc1)C1CCCCCC1. The van der Waals surface area contributed by atoms with E-state index in [9.17, 15) is 13.2 Å². The Kier molecular flexibility index (Phi) is 7.07. The lowest BCUT2D eigenvalue weighted by atomic mass is 10.1. The normalized spacial score (nSPS) is 16.8. The Morgan fingerprint density at radius 2 is 1.75 bits per heavy atom. The van der Waals surface area contributed by atoms with E-state index >= 15 is 0 Å². The van der Waals surface area contributed by atoms with E-state index in [1.807, 2.05) is 0 Å². The third-order valence-electron chi connectivity index (χ3n) is 4.35. The van der Waals surface area contributed by atoms with Gasteiger partial charge in [-0.2, -0.15) is 4.31 Å². The molecule has 7 heteroatoms. The average molecular weight is 373 g/mol. The van der Waals surface area contributed by atoms with Crippen molar-refractivity contribution in [3.05, 3.63) is 29.3 Å². The lowest BCUT2D eigenvalue weighted by Crippen LogP contribution is -2.41. The molecule has 1 aromatic rings. The number of hydrogen-bond donors (Lipinski definition) is 1. The van der Waals surface area contributed by atoms with Gasteiger partial charge >= 0.3 is 0 Å². The van der Waals surface area contributed by atoms with Crippen molar-refractivity contribution in [1.82, 2.24) is 4.31 Å². The van der Waals surface area contributed by atoms with E-state index in [-0.39, 0.29) is 24.9 Å². The number of sulfonamides is 1. The van der Waals surface area contributed by atoms with Crippen molar-refractivity contribution in [3.8, 4) is 0 Å². The number of halogens is 1. The van der Waals surface area contributed by atoms with Crippen molar-refractivity contribution in [2.45, 2.75) is 51.0 Å². The summed E-state index contributed by atoms with van der Waals surface area (Å²) in [4.78, 5) is 12.1. The van der Waals surface area contributed by atoms with Gasteiger partial charge in [0.05, 0.1) is 6.26 Å². The van der Waals surface area contributed by atoms with Crippen LogP contribution in [0.1, 0.15) is 44.9 Å². The first-order valence-corrected chi connectivity index (χ1v) is 10.6. The van der Waals surface area contributed by atoms with Gasteiger partial charge in [-0.25, -0.2) is 8.42 Å². The van der Waals surface area contributed by atoms with Crippen LogP contribution in [0.4, 0.5) is 5.69 Å². The fraction of sp³-hybridized carbons (Fsp3) is 0.588. The highest BCUT2D eigenvalue weighted by Crippen LogP contribution is 2.24. The number of rotatable bonds is 6. The van der Waals surface area contributed by atoms with Crippen molar-refractivity contribution in [2.24, 2.45) is 0 Å². The molecule has 134 valence electrons. The van der Waals surface area contributed by atoms with E-state index in [1.54, 1.807) is 24.3 Å². The smallest absolute Gasteiger partial charge is 0.225 e. The van der Waals surface area contributed by atoms with Crippen LogP contribution in [0, 0.1) is 0 Å². The second kappa shape index (κ2) is 8.83. The summed E-state index contributed by atoms with van der Waals surface area (Å²) in [6.45, 7) is 0.225. The molecule has 0 radical (unpaired) electrons. The highest BCUT2D eigenvalue weighted by atomic mass is 35.5. The summed E-state index contributed by atoms with van der Waals surface area (Å²) in [5, 5.41) is 3.37. The van der Waals surface area contributed by atoms with E-state index in [2.05, 4.69) is 5.32 Å². The molecule has 1 aromatic carbocycles. The van der Waals surface area contributed by atoms with Crippen LogP contribution in [0.15, 0.2) is 24.3 Å². The minimum atomic E-state index is -3.32. The second-order valence-electron chi connectivity index (χ2n) is 6.32. The van der Waals surface area contributed by atoms with Crippen molar-refractivity contribution < 1.29 is 13.2 Å². The second-order valence-corrected chi connectivity index (χ2v) is 8.70. The average Bonchev–Trinajstić information content (AvgIpc) is 2.78. The lowest BCUT2D eigenvalue weighted by Gasteiger charge is -2.28. The maximum Gasteiger partial charge on any atom is 0.225 e. The number of benzene rings is 1. The topological polar surface area (TPSA) is 66.5 Å². The van der Waals surface area contributed by atoms with Gasteiger partial charge in [-0.05, 0) is 37.1 Å². The van der Waals surface area contributed by atoms with Crippen LogP contribution < -0.4 is 5.32 Å². The van der Waals surface area contributed by atoms with Gasteiger partial charge < -0.3 is 5.32 Å². The van der Waals surface area contributed by atoms with Crippen LogP contribution in [-0.2, 0) is 14.8 Å². The number of nitrogens with zero attached hydrogens (tertiary/aromatic N) is 1. The quantitative estimate of drug-likeness (QED) is 0.775. The Morgan fingerprint density at radius 3 is 2.29 bits per heavy atom. The fourth-order valence-corrected chi connectivity index (χ4v) is 4.43. The van der Waals surface area contributed by atoms with Crippen LogP contribution in [-0.4, -0.2) is 37.5 Å². The molecule has 0 spiro atoms. The first-order chi connectivity index (χ1) is 11.4. The fourth-order valence-electron chi connectivity index (χ4n) is 3.13. The van der Waals surface area contributed by atoms with Gasteiger partial charge in [0.15, 0.2) is 0 Å². The molecule has 0 heterocycles. The van der Waals surface area contributed by atoms with Gasteiger partial charge in [0, 0.05) is 29.7 Å². The molecular formula is C17H25ClN2O3S. The summed E-state index contributed by atoms with van der Waals surface area (Å²) in [5.74, 6) is -0.195. The predicted octanol–water partition coefficient (Wildman–Crippen LogP) is 3.65. The largest absolute Gasteiger partial charge is 0.326 e. The van der Waals surface area contributed by atoms with E-state index in [0.29, 0.717) is 10.7 Å². The summed E-state index contributed by atoms with van der Waals surface area (Å²) in [7, 11) is -3.32. The summed E-state index contributed by atoms with van der Waals surface area (Å²) in [5.41, 5.74) is 0.657. The maximum atomic E-state index is 12.1. The molecule has 0 unspecified atom stereocenters. The predicted molar refractivity (Wildman–Crippen MR) is 97.7 cm³/mol. The van der Waals surface area contributed by atoms with Crippen molar-refractivity contribution in [3.63, 3.8) is 0 Å². The molecule has 0 bridgehead atoms. The van der Waals surface area contributed by atoms with Crippen LogP contribution in [0.5, 0.6) is 0 Å². The summed E-state index contributed by atoms with van der Waals surface area (Å²) in [6.07, 6.45) is 7.55. The van der Waals surface area contributed by atoms with E-state index in [0.717, 1.165) is 38.5 Å². The number of hydrogen-bond acceptors (Lipinski definition) is 3. The van der Waals surface area contributed by atoms with Crippen molar-refractivity contribution >= 4 is 33.2 Å². The summed E-state index contributed by atoms with van der Waals surface area (Å²) < 4.78 is 25.8. The molecule has 1 aliphatic carbocycles. The number of amides is 1. The Morgan fingerprint density at radius 1 is 1.17 bits per heavy atom. The molecule has 2 rings (SSSR count). The summed E-state index contributed by atoms with van der Waals surface area (Å²) >= 11 is 5.81. The van der Waals surface area contributed by atoms with Gasteiger partial charge in [-0.1, -0.05) is 37.3 Å². The number of nitrogens with one attached hydrogen (secondary N) is 1. The third kappa shape index (κ3) is 6.07. The van der Waals surface area contributed by atoms with Gasteiger partial charge in [0.25, 0.3) is 0 Å². The molecule has 1 fully saturated rings. The van der Waals surface area contributed by atoms with Crippen LogP contribution in [0.25, 0.3) is 0 Å². The molecule has 0 saturated heterocycles. The third-order valence-corrected chi connectivity index (χ3v) is 5.93. The first kappa shape index (κ1) is 19.2. The zero-order valence-corrected chi connectivity index (χ0v) is 15.6. The molecule has 0 aromatic heterocycles. The van der Waals surface area contributed by atoms with Gasteiger partial charge in [0.2, 0.25) is 15.9 Å². The number of carbonyl (C=O) groups excluding carboxylic acids is 1. The Hall–Kier alpha value is -1.11. The Balaban J connectivity index is 1.94. The molecule has 1 N–H and O–H groups in total.